The first-order valence-corrected chi connectivity index (χ1v) is 6.24. The second kappa shape index (κ2) is 4.73. The maximum Gasteiger partial charge on any atom is 0.350 e. The first-order valence-electron chi connectivity index (χ1n) is 6.24. The molecule has 0 radical (unpaired) electrons. The molecule has 0 saturated carbocycles. The van der Waals surface area contributed by atoms with E-state index in [1.54, 1.807) is 24.4 Å². The third kappa shape index (κ3) is 2.08. The normalized spacial score (nSPS) is 22.6. The predicted molar refractivity (Wildman–Crippen MR) is 68.0 cm³/mol. The van der Waals surface area contributed by atoms with E-state index in [0.29, 0.717) is 5.65 Å². The molecule has 2 unspecified atom stereocenters. The number of β-amino-alcohol motifs (C(OH)–C–C–N with tert-alkyl or cyclic N) is 2. The standard InChI is InChI=1S/C12H14N4O4/c17-8-5-14(6-9(8)18)11(19)7-16-12(20)15-4-2-1-3-10(15)13-16/h1-4,8-9,17-18H,5-7H2. The third-order valence-corrected chi connectivity index (χ3v) is 3.39. The van der Waals surface area contributed by atoms with Crippen LogP contribution in [0, 0.1) is 0 Å². The van der Waals surface area contributed by atoms with Gasteiger partial charge in [-0.15, -0.1) is 5.10 Å². The van der Waals surface area contributed by atoms with Crippen LogP contribution in [0.15, 0.2) is 29.2 Å². The number of nitrogens with zero attached hydrogens (tertiary/aromatic N) is 4. The monoisotopic (exact) mass is 278 g/mol. The quantitative estimate of drug-likeness (QED) is 0.666. The Labute approximate surface area is 113 Å². The number of aliphatic hydroxyl groups excluding tert-OH is 2. The molecule has 106 valence electrons. The molecule has 1 fully saturated rings. The lowest BCUT2D eigenvalue weighted by Gasteiger charge is -2.14. The van der Waals surface area contributed by atoms with Crippen molar-refractivity contribution in [3.05, 3.63) is 34.9 Å². The minimum Gasteiger partial charge on any atom is -0.388 e. The van der Waals surface area contributed by atoms with Gasteiger partial charge in [0.25, 0.3) is 0 Å². The first kappa shape index (κ1) is 12.8. The molecule has 8 heteroatoms. The van der Waals surface area contributed by atoms with Crippen LogP contribution in [0.25, 0.3) is 5.65 Å². The van der Waals surface area contributed by atoms with E-state index in [-0.39, 0.29) is 25.5 Å². The van der Waals surface area contributed by atoms with Gasteiger partial charge < -0.3 is 15.1 Å². The van der Waals surface area contributed by atoms with Crippen molar-refractivity contribution in [2.24, 2.45) is 0 Å². The van der Waals surface area contributed by atoms with E-state index < -0.39 is 17.9 Å². The average molecular weight is 278 g/mol. The summed E-state index contributed by atoms with van der Waals surface area (Å²) in [5.41, 5.74) is 0.0704. The molecule has 1 saturated heterocycles. The highest BCUT2D eigenvalue weighted by Gasteiger charge is 2.32. The van der Waals surface area contributed by atoms with E-state index >= 15 is 0 Å². The highest BCUT2D eigenvalue weighted by Crippen LogP contribution is 2.10. The van der Waals surface area contributed by atoms with Gasteiger partial charge >= 0.3 is 5.69 Å². The summed E-state index contributed by atoms with van der Waals surface area (Å²) < 4.78 is 2.43. The fourth-order valence-electron chi connectivity index (χ4n) is 2.27. The highest BCUT2D eigenvalue weighted by molar-refractivity contribution is 5.76. The topological polar surface area (TPSA) is 100 Å². The average Bonchev–Trinajstić information content (AvgIpc) is 2.92. The number of hydrogen-bond acceptors (Lipinski definition) is 5. The van der Waals surface area contributed by atoms with Crippen molar-refractivity contribution in [2.45, 2.75) is 18.8 Å². The SMILES string of the molecule is O=C(Cn1nc2ccccn2c1=O)N1CC(O)C(O)C1. The summed E-state index contributed by atoms with van der Waals surface area (Å²) in [6.07, 6.45) is -0.289. The molecule has 0 aromatic carbocycles. The maximum absolute atomic E-state index is 12.0. The van der Waals surface area contributed by atoms with Crippen molar-refractivity contribution in [3.63, 3.8) is 0 Å². The fourth-order valence-corrected chi connectivity index (χ4v) is 2.27. The Kier molecular flexibility index (Phi) is 3.03. The zero-order valence-corrected chi connectivity index (χ0v) is 10.6. The third-order valence-electron chi connectivity index (χ3n) is 3.39. The Morgan fingerprint density at radius 2 is 2.00 bits per heavy atom. The summed E-state index contributed by atoms with van der Waals surface area (Å²) in [4.78, 5) is 25.4. The van der Waals surface area contributed by atoms with E-state index in [1.807, 2.05) is 0 Å². The lowest BCUT2D eigenvalue weighted by atomic mass is 10.3. The Hall–Kier alpha value is -2.19. The minimum absolute atomic E-state index is 0.0715. The molecule has 2 aromatic heterocycles. The molecule has 1 amide bonds. The number of amides is 1. The molecule has 3 heterocycles. The number of aliphatic hydroxyl groups is 2. The summed E-state index contributed by atoms with van der Waals surface area (Å²) in [6, 6.07) is 5.13. The Bertz CT molecular complexity index is 697. The van der Waals surface area contributed by atoms with E-state index in [0.717, 1.165) is 4.68 Å². The molecular weight excluding hydrogens is 264 g/mol. The fraction of sp³-hybridized carbons (Fsp3) is 0.417. The van der Waals surface area contributed by atoms with Gasteiger partial charge in [-0.25, -0.2) is 9.48 Å². The van der Waals surface area contributed by atoms with Crippen LogP contribution >= 0.6 is 0 Å². The van der Waals surface area contributed by atoms with Gasteiger partial charge in [-0.1, -0.05) is 6.07 Å². The molecule has 0 spiro atoms. The summed E-state index contributed by atoms with van der Waals surface area (Å²) in [5.74, 6) is -0.355. The molecule has 0 bridgehead atoms. The van der Waals surface area contributed by atoms with Gasteiger partial charge in [0.15, 0.2) is 5.65 Å². The number of rotatable bonds is 2. The van der Waals surface area contributed by atoms with Crippen LogP contribution in [0.3, 0.4) is 0 Å². The molecule has 2 N–H and O–H groups in total. The van der Waals surface area contributed by atoms with Crippen LogP contribution in [-0.2, 0) is 11.3 Å². The second-order valence-corrected chi connectivity index (χ2v) is 4.80. The summed E-state index contributed by atoms with van der Waals surface area (Å²) in [6.45, 7) is -0.0653. The van der Waals surface area contributed by atoms with Crippen LogP contribution in [-0.4, -0.2) is 60.5 Å². The highest BCUT2D eigenvalue weighted by atomic mass is 16.3. The molecule has 8 nitrogen and oxygen atoms in total. The Morgan fingerprint density at radius 3 is 2.65 bits per heavy atom. The van der Waals surface area contributed by atoms with Crippen molar-refractivity contribution in [2.75, 3.05) is 13.1 Å². The van der Waals surface area contributed by atoms with E-state index in [4.69, 9.17) is 0 Å². The van der Waals surface area contributed by atoms with E-state index in [9.17, 15) is 19.8 Å². The summed E-state index contributed by atoms with van der Waals surface area (Å²) in [7, 11) is 0. The first-order chi connectivity index (χ1) is 9.56. The second-order valence-electron chi connectivity index (χ2n) is 4.80. The molecular formula is C12H14N4O4. The van der Waals surface area contributed by atoms with Gasteiger partial charge in [-0.05, 0) is 12.1 Å². The van der Waals surface area contributed by atoms with Crippen molar-refractivity contribution in [3.8, 4) is 0 Å². The number of likely N-dealkylation sites (tertiary alicyclic amines) is 1. The van der Waals surface area contributed by atoms with Gasteiger partial charge in [0.05, 0.1) is 12.2 Å². The van der Waals surface area contributed by atoms with Crippen molar-refractivity contribution < 1.29 is 15.0 Å². The Balaban J connectivity index is 1.81. The molecule has 1 aliphatic heterocycles. The van der Waals surface area contributed by atoms with Crippen LogP contribution < -0.4 is 5.69 Å². The van der Waals surface area contributed by atoms with Gasteiger partial charge in [0.2, 0.25) is 5.91 Å². The number of pyridine rings is 1. The molecule has 2 aromatic rings. The smallest absolute Gasteiger partial charge is 0.350 e. The van der Waals surface area contributed by atoms with Crippen LogP contribution in [0.2, 0.25) is 0 Å². The largest absolute Gasteiger partial charge is 0.388 e. The van der Waals surface area contributed by atoms with Crippen LogP contribution in [0.5, 0.6) is 0 Å². The Morgan fingerprint density at radius 1 is 1.30 bits per heavy atom. The lowest BCUT2D eigenvalue weighted by Crippen LogP contribution is -2.36. The van der Waals surface area contributed by atoms with Gasteiger partial charge in [-0.2, -0.15) is 0 Å². The number of aromatic nitrogens is 3. The number of carbonyl (C=O) groups excluding carboxylic acids is 1. The van der Waals surface area contributed by atoms with E-state index in [1.165, 1.54) is 9.30 Å². The maximum atomic E-state index is 12.0. The van der Waals surface area contributed by atoms with Gasteiger partial charge in [-0.3, -0.25) is 9.20 Å². The molecule has 20 heavy (non-hydrogen) atoms. The zero-order valence-electron chi connectivity index (χ0n) is 10.6. The van der Waals surface area contributed by atoms with Crippen LogP contribution in [0.4, 0.5) is 0 Å². The molecule has 1 aliphatic rings. The van der Waals surface area contributed by atoms with E-state index in [2.05, 4.69) is 5.10 Å². The number of hydrogen-bond donors (Lipinski definition) is 2. The van der Waals surface area contributed by atoms with Gasteiger partial charge in [0, 0.05) is 19.3 Å². The van der Waals surface area contributed by atoms with Crippen molar-refractivity contribution in [1.29, 1.82) is 0 Å². The van der Waals surface area contributed by atoms with Crippen molar-refractivity contribution >= 4 is 11.6 Å². The zero-order chi connectivity index (χ0) is 14.3. The lowest BCUT2D eigenvalue weighted by molar-refractivity contribution is -0.131. The summed E-state index contributed by atoms with van der Waals surface area (Å²) in [5, 5.41) is 22.9. The number of fused-ring (bicyclic) bond motifs is 1. The summed E-state index contributed by atoms with van der Waals surface area (Å²) >= 11 is 0. The predicted octanol–water partition coefficient (Wildman–Crippen LogP) is -1.94. The van der Waals surface area contributed by atoms with Gasteiger partial charge in [0.1, 0.15) is 6.54 Å². The molecule has 0 aliphatic carbocycles. The minimum atomic E-state index is -0.934. The number of carbonyl (C=O) groups is 1. The van der Waals surface area contributed by atoms with Crippen molar-refractivity contribution in [1.82, 2.24) is 19.1 Å². The molecule has 2 atom stereocenters. The molecule has 3 rings (SSSR count). The van der Waals surface area contributed by atoms with Crippen LogP contribution in [0.1, 0.15) is 0 Å².